The minimum absolute atomic E-state index is 0.0578. The third kappa shape index (κ3) is 9.87. The van der Waals surface area contributed by atoms with E-state index in [1.165, 1.54) is 18.2 Å². The molecule has 1 heterocycles. The van der Waals surface area contributed by atoms with E-state index < -0.39 is 40.5 Å². The van der Waals surface area contributed by atoms with Crippen molar-refractivity contribution in [1.82, 2.24) is 14.2 Å². The summed E-state index contributed by atoms with van der Waals surface area (Å²) in [6.45, 7) is 13.3. The van der Waals surface area contributed by atoms with Gasteiger partial charge in [0.15, 0.2) is 0 Å². The molecular formula is C45H44F3N3O8S3. The molecule has 1 aliphatic rings. The molecule has 0 spiro atoms. The first-order valence-electron chi connectivity index (χ1n) is 19.2. The highest BCUT2D eigenvalue weighted by molar-refractivity contribution is 8.05. The average Bonchev–Trinajstić information content (AvgIpc) is 3.18. The Kier molecular flexibility index (Phi) is 13.1. The number of halogens is 3. The van der Waals surface area contributed by atoms with E-state index in [0.29, 0.717) is 45.7 Å². The molecule has 0 unspecified atom stereocenters. The average molecular weight is 908 g/mol. The Balaban J connectivity index is 1.46. The number of sulfonamides is 3. The Labute approximate surface area is 359 Å². The van der Waals surface area contributed by atoms with Crippen LogP contribution in [0.3, 0.4) is 0 Å². The summed E-state index contributed by atoms with van der Waals surface area (Å²) in [7, 11) is -15.5. The van der Waals surface area contributed by atoms with Crippen LogP contribution in [0.5, 0.6) is 11.5 Å². The Morgan fingerprint density at radius 3 is 2.05 bits per heavy atom. The summed E-state index contributed by atoms with van der Waals surface area (Å²) >= 11 is 0. The van der Waals surface area contributed by atoms with Crippen LogP contribution >= 0.6 is 0 Å². The zero-order chi connectivity index (χ0) is 45.4. The number of hydrogen-bond donors (Lipinski definition) is 3. The highest BCUT2D eigenvalue weighted by atomic mass is 32.3. The van der Waals surface area contributed by atoms with Gasteiger partial charge in [0.05, 0.1) is 9.79 Å². The molecule has 3 N–H and O–H groups in total. The summed E-state index contributed by atoms with van der Waals surface area (Å²) < 4.78 is 128. The molecule has 0 fully saturated rings. The minimum atomic E-state index is -6.31. The van der Waals surface area contributed by atoms with E-state index in [1.54, 1.807) is 50.2 Å². The van der Waals surface area contributed by atoms with Gasteiger partial charge in [-0.2, -0.15) is 13.2 Å². The van der Waals surface area contributed by atoms with E-state index in [2.05, 4.69) is 28.8 Å². The van der Waals surface area contributed by atoms with Crippen molar-refractivity contribution < 1.29 is 48.0 Å². The number of aryl methyl sites for hydroxylation is 5. The lowest BCUT2D eigenvalue weighted by Gasteiger charge is -2.24. The summed E-state index contributed by atoms with van der Waals surface area (Å²) in [6.07, 6.45) is 3.85. The number of carbonyl (C=O) groups is 1. The Hall–Kier alpha value is -5.59. The Morgan fingerprint density at radius 1 is 0.742 bits per heavy atom. The lowest BCUT2D eigenvalue weighted by atomic mass is 9.89. The fourth-order valence-electron chi connectivity index (χ4n) is 7.42. The topological polar surface area (TPSA) is 165 Å². The summed E-state index contributed by atoms with van der Waals surface area (Å²) in [5, 5.41) is 3.58. The van der Waals surface area contributed by atoms with Crippen LogP contribution in [0.15, 0.2) is 107 Å². The van der Waals surface area contributed by atoms with E-state index in [0.717, 1.165) is 49.7 Å². The first-order valence-corrected chi connectivity index (χ1v) is 23.7. The molecule has 17 heteroatoms. The third-order valence-corrected chi connectivity index (χ3v) is 15.1. The first-order chi connectivity index (χ1) is 29.0. The van der Waals surface area contributed by atoms with Gasteiger partial charge in [-0.05, 0) is 140 Å². The quantitative estimate of drug-likeness (QED) is 0.0873. The smallest absolute Gasteiger partial charge is 0.456 e. The van der Waals surface area contributed by atoms with E-state index in [1.807, 2.05) is 39.0 Å². The van der Waals surface area contributed by atoms with Crippen LogP contribution in [0.2, 0.25) is 0 Å². The van der Waals surface area contributed by atoms with Crippen molar-refractivity contribution >= 4 is 47.6 Å². The van der Waals surface area contributed by atoms with Gasteiger partial charge in [-0.3, -0.25) is 4.79 Å². The van der Waals surface area contributed by atoms with Gasteiger partial charge in [0, 0.05) is 35.0 Å². The fraction of sp³-hybridized carbons (Fsp3) is 0.222. The van der Waals surface area contributed by atoms with Gasteiger partial charge in [0.2, 0.25) is 15.9 Å². The zero-order valence-corrected chi connectivity index (χ0v) is 36.8. The molecule has 5 aromatic carbocycles. The van der Waals surface area contributed by atoms with Gasteiger partial charge < -0.3 is 10.1 Å². The maximum absolute atomic E-state index is 13.5. The zero-order valence-electron chi connectivity index (χ0n) is 34.4. The summed E-state index contributed by atoms with van der Waals surface area (Å²) in [5.41, 5.74) is 2.00. The van der Waals surface area contributed by atoms with E-state index >= 15 is 0 Å². The second-order valence-corrected chi connectivity index (χ2v) is 20.4. The molecule has 5 aromatic rings. The number of fused-ring (bicyclic) bond motifs is 2. The van der Waals surface area contributed by atoms with Crippen LogP contribution in [-0.4, -0.2) is 49.8 Å². The Bertz CT molecular complexity index is 3070. The molecule has 0 aromatic heterocycles. The molecule has 1 amide bonds. The highest BCUT2D eigenvalue weighted by Gasteiger charge is 2.49. The molecule has 11 nitrogen and oxygen atoms in total. The van der Waals surface area contributed by atoms with Crippen molar-refractivity contribution in [2.24, 2.45) is 0 Å². The number of benzene rings is 5. The number of ether oxygens (including phenoxy) is 1. The van der Waals surface area contributed by atoms with Crippen LogP contribution in [0.4, 0.5) is 13.2 Å². The van der Waals surface area contributed by atoms with Gasteiger partial charge in [-0.15, -0.1) is 0 Å². The predicted octanol–water partition coefficient (Wildman–Crippen LogP) is 6.10. The Morgan fingerprint density at radius 2 is 1.40 bits per heavy atom. The number of nitrogens with one attached hydrogen (secondary N) is 3. The number of carbonyl (C=O) groups excluding carboxylic acids is 1. The number of rotatable bonds is 14. The van der Waals surface area contributed by atoms with E-state index in [-0.39, 0.29) is 40.8 Å². The normalized spacial score (nSPS) is 13.3. The van der Waals surface area contributed by atoms with Crippen molar-refractivity contribution in [2.75, 3.05) is 13.1 Å². The molecule has 0 atom stereocenters. The first kappa shape index (κ1) is 45.9. The van der Waals surface area contributed by atoms with Gasteiger partial charge in [-0.25, -0.2) is 30.0 Å². The second-order valence-electron chi connectivity index (χ2n) is 15.0. The van der Waals surface area contributed by atoms with Gasteiger partial charge in [0.25, 0.3) is 10.0 Å². The summed E-state index contributed by atoms with van der Waals surface area (Å²) in [4.78, 5) is 10.7. The van der Waals surface area contributed by atoms with Crippen LogP contribution in [-0.2, 0) is 41.3 Å². The summed E-state index contributed by atoms with van der Waals surface area (Å²) in [6, 6.07) is 22.9. The van der Waals surface area contributed by atoms with Crippen molar-refractivity contribution in [3.8, 4) is 11.5 Å². The van der Waals surface area contributed by atoms with Crippen molar-refractivity contribution in [3.05, 3.63) is 164 Å². The van der Waals surface area contributed by atoms with Gasteiger partial charge >= 0.3 is 15.5 Å². The molecule has 6 rings (SSSR count). The molecule has 0 saturated heterocycles. The molecule has 0 aliphatic carbocycles. The molecule has 326 valence electrons. The number of amides is 1. The van der Waals surface area contributed by atoms with E-state index in [9.17, 15) is 43.2 Å². The molecule has 1 aliphatic heterocycles. The van der Waals surface area contributed by atoms with Crippen LogP contribution in [0, 0.1) is 34.6 Å². The lowest BCUT2D eigenvalue weighted by Crippen LogP contribution is -2.40. The SMILES string of the molecule is C=CC(=O)NCCCNS(=O)(=O)c1cc(C)c(/C=c2\ccc3c(c2)Oc2cc(Cc4c(C)cc(C)cc4C)ccc2C=3c2ccccc2S(=O)(=O)NS(=O)(=O)C(F)(F)F)c(C)c1. The molecule has 0 bridgehead atoms. The highest BCUT2D eigenvalue weighted by Crippen LogP contribution is 2.39. The number of alkyl halides is 3. The lowest BCUT2D eigenvalue weighted by molar-refractivity contribution is -0.116. The summed E-state index contributed by atoms with van der Waals surface area (Å²) in [5.74, 6) is 0.237. The van der Waals surface area contributed by atoms with Crippen LogP contribution in [0.1, 0.15) is 62.1 Å². The number of hydrogen-bond acceptors (Lipinski definition) is 8. The van der Waals surface area contributed by atoms with E-state index in [4.69, 9.17) is 4.74 Å². The van der Waals surface area contributed by atoms with Crippen molar-refractivity contribution in [3.63, 3.8) is 0 Å². The standard InChI is InChI=1S/C45H44F3N3O8S3/c1-7-43(52)49-17-10-18-50-60(53,54)34-21-30(5)39(31(6)22-34)24-33-14-16-36-41(26-33)59-40-25-32(23-38-28(3)19-27(2)20-29(38)4)13-15-35(40)44(36)37-11-8-9-12-42(37)61(55,56)51-62(57,58)45(46,47)48/h7-9,11-16,19-22,24-26,50-51H,1,10,17-18,23H2,2-6H3,(H,49,52)/b33-24+. The largest absolute Gasteiger partial charge is 0.512 e. The maximum atomic E-state index is 13.5. The molecular weight excluding hydrogens is 864 g/mol. The second kappa shape index (κ2) is 17.6. The monoisotopic (exact) mass is 907 g/mol. The molecule has 0 radical (unpaired) electrons. The van der Waals surface area contributed by atoms with Crippen molar-refractivity contribution in [1.29, 1.82) is 0 Å². The molecule has 62 heavy (non-hydrogen) atoms. The van der Waals surface area contributed by atoms with Gasteiger partial charge in [-0.1, -0.05) is 64.8 Å². The fourth-order valence-corrected chi connectivity index (χ4v) is 11.3. The van der Waals surface area contributed by atoms with Crippen LogP contribution < -0.4 is 29.3 Å². The predicted molar refractivity (Wildman–Crippen MR) is 232 cm³/mol. The van der Waals surface area contributed by atoms with Crippen LogP contribution in [0.25, 0.3) is 11.6 Å². The van der Waals surface area contributed by atoms with Crippen molar-refractivity contribution in [2.45, 2.75) is 62.8 Å². The van der Waals surface area contributed by atoms with Gasteiger partial charge in [0.1, 0.15) is 11.5 Å². The third-order valence-electron chi connectivity index (χ3n) is 10.3. The minimum Gasteiger partial charge on any atom is -0.456 e. The maximum Gasteiger partial charge on any atom is 0.512 e. The molecule has 0 saturated carbocycles.